The van der Waals surface area contributed by atoms with Crippen molar-refractivity contribution in [2.75, 3.05) is 48.3 Å². The van der Waals surface area contributed by atoms with Gasteiger partial charge in [-0.15, -0.1) is 5.10 Å². The predicted octanol–water partition coefficient (Wildman–Crippen LogP) is 2.36. The molecule has 0 atom stereocenters. The van der Waals surface area contributed by atoms with Crippen molar-refractivity contribution >= 4 is 28.8 Å². The van der Waals surface area contributed by atoms with Crippen LogP contribution >= 0.6 is 0 Å². The summed E-state index contributed by atoms with van der Waals surface area (Å²) in [6, 6.07) is 11.0. The largest absolute Gasteiger partial charge is 0.389 e. The molecule has 0 bridgehead atoms. The summed E-state index contributed by atoms with van der Waals surface area (Å²) in [6.07, 6.45) is 3.05. The van der Waals surface area contributed by atoms with Crippen molar-refractivity contribution in [3.8, 4) is 0 Å². The van der Waals surface area contributed by atoms with Gasteiger partial charge < -0.3 is 25.6 Å². The number of H-pyrrole nitrogens is 1. The van der Waals surface area contributed by atoms with E-state index in [0.29, 0.717) is 23.7 Å². The van der Waals surface area contributed by atoms with E-state index in [2.05, 4.69) is 35.6 Å². The summed E-state index contributed by atoms with van der Waals surface area (Å²) in [5.41, 5.74) is 1.58. The zero-order chi connectivity index (χ0) is 25.0. The lowest BCUT2D eigenvalue weighted by Crippen LogP contribution is -2.50. The molecule has 0 spiro atoms. The average Bonchev–Trinajstić information content (AvgIpc) is 2.81. The summed E-state index contributed by atoms with van der Waals surface area (Å²) >= 11 is 0. The van der Waals surface area contributed by atoms with E-state index in [1.807, 2.05) is 45.0 Å². The second-order valence-corrected chi connectivity index (χ2v) is 9.36. The molecule has 0 unspecified atom stereocenters. The summed E-state index contributed by atoms with van der Waals surface area (Å²) in [6.45, 7) is 9.63. The van der Waals surface area contributed by atoms with Crippen LogP contribution in [-0.4, -0.2) is 69.4 Å². The Bertz CT molecular complexity index is 1230. The number of piperazine rings is 1. The SMILES string of the molecule is Cc1ccnnc1Nc1cc[nH]c(=O)c1C(=O)Nc1ccc(N2CCN(CC(C)(C)O)CC2)cc1. The third-order valence-corrected chi connectivity index (χ3v) is 5.84. The van der Waals surface area contributed by atoms with Crippen molar-refractivity contribution in [2.24, 2.45) is 0 Å². The lowest BCUT2D eigenvalue weighted by molar-refractivity contribution is 0.0345. The van der Waals surface area contributed by atoms with Gasteiger partial charge in [-0.1, -0.05) is 0 Å². The molecule has 35 heavy (non-hydrogen) atoms. The Labute approximate surface area is 204 Å². The molecule has 2 aromatic heterocycles. The summed E-state index contributed by atoms with van der Waals surface area (Å²) in [4.78, 5) is 32.6. The molecule has 184 valence electrons. The molecule has 10 nitrogen and oxygen atoms in total. The van der Waals surface area contributed by atoms with E-state index in [-0.39, 0.29) is 5.56 Å². The number of hydrogen-bond donors (Lipinski definition) is 4. The number of aromatic amines is 1. The number of carbonyl (C=O) groups excluding carboxylic acids is 1. The van der Waals surface area contributed by atoms with Gasteiger partial charge in [-0.3, -0.25) is 14.5 Å². The van der Waals surface area contributed by atoms with Crippen LogP contribution in [0.2, 0.25) is 0 Å². The van der Waals surface area contributed by atoms with Gasteiger partial charge in [0.05, 0.1) is 17.5 Å². The number of amides is 1. The van der Waals surface area contributed by atoms with Crippen molar-refractivity contribution in [3.05, 3.63) is 70.3 Å². The first-order valence-electron chi connectivity index (χ1n) is 11.6. The second-order valence-electron chi connectivity index (χ2n) is 9.36. The third-order valence-electron chi connectivity index (χ3n) is 5.84. The molecule has 0 radical (unpaired) electrons. The number of aliphatic hydroxyl groups is 1. The van der Waals surface area contributed by atoms with E-state index in [0.717, 1.165) is 37.4 Å². The number of β-amino-alcohol motifs (C(OH)–C–C–N with tert-alkyl or cyclic N) is 1. The minimum absolute atomic E-state index is 0.0374. The van der Waals surface area contributed by atoms with Crippen LogP contribution < -0.4 is 21.1 Å². The first kappa shape index (κ1) is 24.4. The molecule has 1 aromatic carbocycles. The Morgan fingerprint density at radius 3 is 2.49 bits per heavy atom. The number of hydrogen-bond acceptors (Lipinski definition) is 8. The molecule has 1 fully saturated rings. The standard InChI is InChI=1S/C25H31N7O3/c1-17-8-11-27-30-22(17)29-20-9-10-26-23(33)21(20)24(34)28-18-4-6-19(7-5-18)32-14-12-31(13-15-32)16-25(2,3)35/h4-11,35H,12-16H2,1-3H3,(H,28,34)(H2,26,29,30,33). The molecule has 4 N–H and O–H groups in total. The van der Waals surface area contributed by atoms with Crippen LogP contribution in [-0.2, 0) is 0 Å². The van der Waals surface area contributed by atoms with E-state index in [1.165, 1.54) is 6.20 Å². The zero-order valence-corrected chi connectivity index (χ0v) is 20.2. The van der Waals surface area contributed by atoms with Crippen molar-refractivity contribution in [3.63, 3.8) is 0 Å². The van der Waals surface area contributed by atoms with Gasteiger partial charge in [0.2, 0.25) is 0 Å². The van der Waals surface area contributed by atoms with Crippen LogP contribution in [0.25, 0.3) is 0 Å². The van der Waals surface area contributed by atoms with Gasteiger partial charge >= 0.3 is 0 Å². The number of aromatic nitrogens is 3. The molecule has 3 aromatic rings. The third kappa shape index (κ3) is 6.23. The molecule has 1 aliphatic rings. The van der Waals surface area contributed by atoms with E-state index in [4.69, 9.17) is 0 Å². The Balaban J connectivity index is 1.42. The number of benzene rings is 1. The van der Waals surface area contributed by atoms with Crippen molar-refractivity contribution in [2.45, 2.75) is 26.4 Å². The molecule has 4 rings (SSSR count). The molecule has 10 heteroatoms. The Kier molecular flexibility index (Phi) is 7.13. The fraction of sp³-hybridized carbons (Fsp3) is 0.360. The van der Waals surface area contributed by atoms with Crippen LogP contribution in [0.3, 0.4) is 0 Å². The summed E-state index contributed by atoms with van der Waals surface area (Å²) in [5, 5.41) is 23.8. The van der Waals surface area contributed by atoms with Gasteiger partial charge in [0.15, 0.2) is 5.82 Å². The van der Waals surface area contributed by atoms with Gasteiger partial charge in [0, 0.05) is 50.3 Å². The highest BCUT2D eigenvalue weighted by Gasteiger charge is 2.23. The van der Waals surface area contributed by atoms with Crippen LogP contribution in [0, 0.1) is 6.92 Å². The second kappa shape index (κ2) is 10.2. The van der Waals surface area contributed by atoms with Crippen LogP contribution in [0.1, 0.15) is 29.8 Å². The summed E-state index contributed by atoms with van der Waals surface area (Å²) in [7, 11) is 0. The van der Waals surface area contributed by atoms with E-state index >= 15 is 0 Å². The van der Waals surface area contributed by atoms with Gasteiger partial charge in [-0.25, -0.2) is 0 Å². The molecule has 0 aliphatic carbocycles. The minimum Gasteiger partial charge on any atom is -0.389 e. The molecular weight excluding hydrogens is 446 g/mol. The minimum atomic E-state index is -0.703. The average molecular weight is 478 g/mol. The molecule has 1 saturated heterocycles. The number of pyridine rings is 1. The first-order valence-corrected chi connectivity index (χ1v) is 11.6. The van der Waals surface area contributed by atoms with Gasteiger partial charge in [0.1, 0.15) is 5.56 Å². The number of nitrogens with one attached hydrogen (secondary N) is 3. The molecule has 3 heterocycles. The smallest absolute Gasteiger partial charge is 0.263 e. The molecule has 0 saturated carbocycles. The monoisotopic (exact) mass is 477 g/mol. The van der Waals surface area contributed by atoms with Crippen LogP contribution in [0.15, 0.2) is 53.6 Å². The fourth-order valence-electron chi connectivity index (χ4n) is 4.11. The number of carbonyl (C=O) groups is 1. The van der Waals surface area contributed by atoms with Crippen molar-refractivity contribution in [1.29, 1.82) is 0 Å². The lowest BCUT2D eigenvalue weighted by atomic mass is 10.1. The number of aryl methyl sites for hydroxylation is 1. The maximum absolute atomic E-state index is 13.0. The van der Waals surface area contributed by atoms with Crippen molar-refractivity contribution < 1.29 is 9.90 Å². The van der Waals surface area contributed by atoms with Crippen LogP contribution in [0.5, 0.6) is 0 Å². The Hall–Kier alpha value is -3.76. The molecule has 1 aliphatic heterocycles. The normalized spacial score (nSPS) is 14.6. The first-order chi connectivity index (χ1) is 16.7. The highest BCUT2D eigenvalue weighted by molar-refractivity contribution is 6.08. The fourth-order valence-corrected chi connectivity index (χ4v) is 4.11. The van der Waals surface area contributed by atoms with Gasteiger partial charge in [0.25, 0.3) is 11.5 Å². The maximum atomic E-state index is 13.0. The Morgan fingerprint density at radius 2 is 1.83 bits per heavy atom. The van der Waals surface area contributed by atoms with E-state index < -0.39 is 17.1 Å². The van der Waals surface area contributed by atoms with E-state index in [9.17, 15) is 14.7 Å². The molecular formula is C25H31N7O3. The zero-order valence-electron chi connectivity index (χ0n) is 20.2. The summed E-state index contributed by atoms with van der Waals surface area (Å²) < 4.78 is 0. The quantitative estimate of drug-likeness (QED) is 0.409. The number of rotatable bonds is 7. The predicted molar refractivity (Wildman–Crippen MR) is 136 cm³/mol. The topological polar surface area (TPSA) is 126 Å². The highest BCUT2D eigenvalue weighted by atomic mass is 16.3. The number of nitrogens with zero attached hydrogens (tertiary/aromatic N) is 4. The van der Waals surface area contributed by atoms with E-state index in [1.54, 1.807) is 18.3 Å². The van der Waals surface area contributed by atoms with Gasteiger partial charge in [-0.2, -0.15) is 5.10 Å². The van der Waals surface area contributed by atoms with Gasteiger partial charge in [-0.05, 0) is 62.7 Å². The van der Waals surface area contributed by atoms with Crippen molar-refractivity contribution in [1.82, 2.24) is 20.1 Å². The number of anilines is 4. The molecule has 1 amide bonds. The highest BCUT2D eigenvalue weighted by Crippen LogP contribution is 2.22. The maximum Gasteiger partial charge on any atom is 0.263 e. The summed E-state index contributed by atoms with van der Waals surface area (Å²) in [5.74, 6) is -0.0528. The lowest BCUT2D eigenvalue weighted by Gasteiger charge is -2.38. The van der Waals surface area contributed by atoms with Crippen LogP contribution in [0.4, 0.5) is 22.9 Å². The Morgan fingerprint density at radius 1 is 1.11 bits per heavy atom.